The quantitative estimate of drug-likeness (QED) is 0.591. The Morgan fingerprint density at radius 2 is 2.00 bits per heavy atom. The minimum absolute atomic E-state index is 0.292. The number of urea groups is 1. The number of carbonyl (C=O) groups excluding carboxylic acids is 3. The zero-order valence-electron chi connectivity index (χ0n) is 13.1. The van der Waals surface area contributed by atoms with E-state index in [1.165, 1.54) is 16.1 Å². The van der Waals surface area contributed by atoms with Crippen LogP contribution in [0.1, 0.15) is 11.3 Å². The van der Waals surface area contributed by atoms with Crippen LogP contribution in [0.5, 0.6) is 0 Å². The van der Waals surface area contributed by atoms with Gasteiger partial charge in [0.1, 0.15) is 11.7 Å². The van der Waals surface area contributed by atoms with E-state index >= 15 is 0 Å². The van der Waals surface area contributed by atoms with Crippen LogP contribution in [0.4, 0.5) is 18.0 Å². The average molecular weight is 383 g/mol. The Bertz CT molecular complexity index is 700. The lowest BCUT2D eigenvalue weighted by Gasteiger charge is -2.08. The van der Waals surface area contributed by atoms with Gasteiger partial charge in [0.15, 0.2) is 6.61 Å². The average Bonchev–Trinajstić information content (AvgIpc) is 2.73. The van der Waals surface area contributed by atoms with Crippen molar-refractivity contribution in [2.45, 2.75) is 13.1 Å². The molecule has 0 aliphatic rings. The summed E-state index contributed by atoms with van der Waals surface area (Å²) in [5.41, 5.74) is 1.05. The molecule has 3 amide bonds. The summed E-state index contributed by atoms with van der Waals surface area (Å²) in [6.07, 6.45) is -2.28. The second-order valence-corrected chi connectivity index (χ2v) is 5.06. The van der Waals surface area contributed by atoms with Gasteiger partial charge in [0.25, 0.3) is 5.91 Å². The van der Waals surface area contributed by atoms with Crippen LogP contribution in [0.25, 0.3) is 6.08 Å². The van der Waals surface area contributed by atoms with E-state index in [0.29, 0.717) is 16.4 Å². The normalized spacial score (nSPS) is 11.4. The number of nitrogens with zero attached hydrogens (tertiary/aromatic N) is 2. The molecule has 0 aliphatic heterocycles. The second-order valence-electron chi connectivity index (χ2n) is 4.70. The van der Waals surface area contributed by atoms with Crippen molar-refractivity contribution in [1.82, 2.24) is 20.4 Å². The van der Waals surface area contributed by atoms with Crippen LogP contribution in [0.15, 0.2) is 6.08 Å². The van der Waals surface area contributed by atoms with Gasteiger partial charge in [0.05, 0.1) is 5.69 Å². The van der Waals surface area contributed by atoms with Crippen molar-refractivity contribution in [2.24, 2.45) is 7.05 Å². The molecular formula is C13H14ClF3N4O4. The van der Waals surface area contributed by atoms with Gasteiger partial charge in [-0.1, -0.05) is 11.6 Å². The van der Waals surface area contributed by atoms with Crippen molar-refractivity contribution in [1.29, 1.82) is 0 Å². The molecule has 1 rings (SSSR count). The number of hydrogen-bond acceptors (Lipinski definition) is 5. The third kappa shape index (κ3) is 7.25. The minimum atomic E-state index is -4.61. The number of halogens is 4. The first kappa shape index (κ1) is 20.5. The third-order valence-corrected chi connectivity index (χ3v) is 3.08. The molecule has 0 bridgehead atoms. The highest BCUT2D eigenvalue weighted by Gasteiger charge is 2.28. The molecule has 1 aromatic heterocycles. The molecule has 138 valence electrons. The highest BCUT2D eigenvalue weighted by molar-refractivity contribution is 6.31. The Morgan fingerprint density at radius 3 is 2.52 bits per heavy atom. The highest BCUT2D eigenvalue weighted by atomic mass is 35.5. The van der Waals surface area contributed by atoms with Crippen molar-refractivity contribution in [3.63, 3.8) is 0 Å². The molecule has 1 aromatic rings. The van der Waals surface area contributed by atoms with E-state index in [0.717, 1.165) is 6.08 Å². The Balaban J connectivity index is 2.42. The van der Waals surface area contributed by atoms with Crippen LogP contribution in [-0.2, 0) is 21.4 Å². The van der Waals surface area contributed by atoms with Crippen LogP contribution < -0.4 is 10.6 Å². The molecule has 0 saturated heterocycles. The number of aromatic nitrogens is 2. The lowest BCUT2D eigenvalue weighted by molar-refractivity contribution is -0.143. The zero-order valence-corrected chi connectivity index (χ0v) is 13.9. The molecular weight excluding hydrogens is 369 g/mol. The predicted octanol–water partition coefficient (Wildman–Crippen LogP) is 1.33. The molecule has 0 atom stereocenters. The Kier molecular flexibility index (Phi) is 6.97. The predicted molar refractivity (Wildman–Crippen MR) is 80.5 cm³/mol. The summed E-state index contributed by atoms with van der Waals surface area (Å²) < 4.78 is 41.6. The van der Waals surface area contributed by atoms with Crippen molar-refractivity contribution in [2.75, 3.05) is 13.2 Å². The van der Waals surface area contributed by atoms with Gasteiger partial charge in [-0.2, -0.15) is 18.3 Å². The van der Waals surface area contributed by atoms with E-state index in [-0.39, 0.29) is 0 Å². The van der Waals surface area contributed by atoms with Gasteiger partial charge in [-0.05, 0) is 13.0 Å². The Morgan fingerprint density at radius 1 is 1.36 bits per heavy atom. The maximum absolute atomic E-state index is 11.9. The molecule has 0 radical (unpaired) electrons. The summed E-state index contributed by atoms with van der Waals surface area (Å²) in [5.74, 6) is -2.00. The summed E-state index contributed by atoms with van der Waals surface area (Å²) in [4.78, 5) is 33.8. The van der Waals surface area contributed by atoms with Gasteiger partial charge in [-0.3, -0.25) is 14.8 Å². The van der Waals surface area contributed by atoms with E-state index in [2.05, 4.69) is 9.84 Å². The van der Waals surface area contributed by atoms with Gasteiger partial charge in [-0.25, -0.2) is 9.59 Å². The van der Waals surface area contributed by atoms with Crippen molar-refractivity contribution in [3.05, 3.63) is 22.5 Å². The molecule has 0 aromatic carbocycles. The summed E-state index contributed by atoms with van der Waals surface area (Å²) in [6, 6.07) is -1.35. The van der Waals surface area contributed by atoms with Crippen LogP contribution in [0.2, 0.25) is 5.15 Å². The number of ether oxygens (including phenoxy) is 1. The van der Waals surface area contributed by atoms with Crippen molar-refractivity contribution in [3.8, 4) is 0 Å². The topological polar surface area (TPSA) is 102 Å². The zero-order chi connectivity index (χ0) is 19.2. The van der Waals surface area contributed by atoms with E-state index < -0.39 is 37.2 Å². The fraction of sp³-hybridized carbons (Fsp3) is 0.385. The largest absolute Gasteiger partial charge is 0.452 e. The number of carbonyl (C=O) groups is 3. The molecule has 12 heteroatoms. The Labute approximate surface area is 144 Å². The van der Waals surface area contributed by atoms with Crippen molar-refractivity contribution >= 4 is 35.6 Å². The van der Waals surface area contributed by atoms with Gasteiger partial charge in [0.2, 0.25) is 0 Å². The summed E-state index contributed by atoms with van der Waals surface area (Å²) in [5, 5.41) is 7.32. The molecule has 1 heterocycles. The lowest BCUT2D eigenvalue weighted by Crippen LogP contribution is -2.44. The van der Waals surface area contributed by atoms with Crippen LogP contribution in [-0.4, -0.2) is 47.0 Å². The monoisotopic (exact) mass is 382 g/mol. The van der Waals surface area contributed by atoms with E-state index in [1.54, 1.807) is 19.3 Å². The number of rotatable bonds is 5. The maximum atomic E-state index is 11.9. The van der Waals surface area contributed by atoms with Gasteiger partial charge >= 0.3 is 18.2 Å². The SMILES string of the molecule is Cc1nn(C)c(Cl)c1/C=C/C(=O)OCC(=O)NC(=O)NCC(F)(F)F. The summed E-state index contributed by atoms with van der Waals surface area (Å²) in [7, 11) is 1.61. The molecule has 25 heavy (non-hydrogen) atoms. The molecule has 0 fully saturated rings. The van der Waals surface area contributed by atoms with Gasteiger partial charge in [0, 0.05) is 18.7 Å². The maximum Gasteiger partial charge on any atom is 0.405 e. The highest BCUT2D eigenvalue weighted by Crippen LogP contribution is 2.19. The molecule has 0 spiro atoms. The number of nitrogens with one attached hydrogen (secondary N) is 2. The molecule has 0 unspecified atom stereocenters. The second kappa shape index (κ2) is 8.51. The fourth-order valence-corrected chi connectivity index (χ4v) is 1.80. The number of amides is 3. The first-order chi connectivity index (χ1) is 11.5. The Hall–Kier alpha value is -2.56. The fourth-order valence-electron chi connectivity index (χ4n) is 1.56. The molecule has 0 aliphatic carbocycles. The van der Waals surface area contributed by atoms with Crippen LogP contribution >= 0.6 is 11.6 Å². The van der Waals surface area contributed by atoms with Crippen LogP contribution in [0, 0.1) is 6.92 Å². The van der Waals surface area contributed by atoms with E-state index in [1.807, 2.05) is 0 Å². The third-order valence-electron chi connectivity index (χ3n) is 2.63. The summed E-state index contributed by atoms with van der Waals surface area (Å²) >= 11 is 5.95. The first-order valence-corrected chi connectivity index (χ1v) is 7.05. The van der Waals surface area contributed by atoms with Crippen molar-refractivity contribution < 1.29 is 32.3 Å². The number of esters is 1. The van der Waals surface area contributed by atoms with Gasteiger partial charge in [-0.15, -0.1) is 0 Å². The molecule has 8 nitrogen and oxygen atoms in total. The summed E-state index contributed by atoms with van der Waals surface area (Å²) in [6.45, 7) is -0.772. The molecule has 0 saturated carbocycles. The number of aryl methyl sites for hydroxylation is 2. The van der Waals surface area contributed by atoms with E-state index in [9.17, 15) is 27.6 Å². The lowest BCUT2D eigenvalue weighted by atomic mass is 10.2. The van der Waals surface area contributed by atoms with Gasteiger partial charge < -0.3 is 10.1 Å². The smallest absolute Gasteiger partial charge is 0.405 e. The number of alkyl halides is 3. The van der Waals surface area contributed by atoms with E-state index in [4.69, 9.17) is 11.6 Å². The first-order valence-electron chi connectivity index (χ1n) is 6.68. The molecule has 2 N–H and O–H groups in total. The minimum Gasteiger partial charge on any atom is -0.452 e. The standard InChI is InChI=1S/C13H14ClF3N4O4/c1-7-8(11(14)21(2)20-7)3-4-10(23)25-5-9(22)19-12(24)18-6-13(15,16)17/h3-4H,5-6H2,1-2H3,(H2,18,19,22,24)/b4-3+. The number of hydrogen-bond donors (Lipinski definition) is 2. The van der Waals surface area contributed by atoms with Crippen LogP contribution in [0.3, 0.4) is 0 Å². The number of imide groups is 1.